The molecule has 0 saturated carbocycles. The molecular formula is C13H18N2OS. The number of aryl methyl sites for hydroxylation is 1. The van der Waals surface area contributed by atoms with Crippen LogP contribution in [0, 0.1) is 6.92 Å². The molecular weight excluding hydrogens is 232 g/mol. The Hall–Kier alpha value is -1.16. The molecule has 2 rings (SSSR count). The molecule has 17 heavy (non-hydrogen) atoms. The molecule has 1 atom stereocenters. The van der Waals surface area contributed by atoms with E-state index in [1.807, 2.05) is 30.8 Å². The van der Waals surface area contributed by atoms with Crippen LogP contribution in [-0.2, 0) is 0 Å². The lowest BCUT2D eigenvalue weighted by Gasteiger charge is -2.22. The Bertz CT molecular complexity index is 414. The first-order valence-corrected chi connectivity index (χ1v) is 7.07. The minimum atomic E-state index is 0.00213. The summed E-state index contributed by atoms with van der Waals surface area (Å²) >= 11 is 1.91. The maximum atomic E-state index is 12.1. The molecule has 1 fully saturated rings. The first kappa shape index (κ1) is 12.3. The number of amides is 1. The SMILES string of the molecule is Cc1ccc(N)cc1C(=O)NC1CCCSC1. The van der Waals surface area contributed by atoms with Gasteiger partial charge in [0.2, 0.25) is 0 Å². The highest BCUT2D eigenvalue weighted by atomic mass is 32.2. The summed E-state index contributed by atoms with van der Waals surface area (Å²) in [5, 5.41) is 3.09. The van der Waals surface area contributed by atoms with Crippen molar-refractivity contribution in [1.82, 2.24) is 5.32 Å². The van der Waals surface area contributed by atoms with Gasteiger partial charge in [0.1, 0.15) is 0 Å². The zero-order chi connectivity index (χ0) is 12.3. The van der Waals surface area contributed by atoms with E-state index in [0.29, 0.717) is 17.3 Å². The van der Waals surface area contributed by atoms with Crippen LogP contribution in [0.2, 0.25) is 0 Å². The summed E-state index contributed by atoms with van der Waals surface area (Å²) in [7, 11) is 0. The minimum absolute atomic E-state index is 0.00213. The Kier molecular flexibility index (Phi) is 3.94. The Morgan fingerprint density at radius 1 is 1.53 bits per heavy atom. The number of rotatable bonds is 2. The van der Waals surface area contributed by atoms with Gasteiger partial charge in [-0.25, -0.2) is 0 Å². The van der Waals surface area contributed by atoms with Crippen molar-refractivity contribution >= 4 is 23.4 Å². The highest BCUT2D eigenvalue weighted by Gasteiger charge is 2.17. The molecule has 92 valence electrons. The number of benzene rings is 1. The van der Waals surface area contributed by atoms with Gasteiger partial charge in [-0.15, -0.1) is 0 Å². The Morgan fingerprint density at radius 3 is 3.06 bits per heavy atom. The Labute approximate surface area is 106 Å². The van der Waals surface area contributed by atoms with Crippen molar-refractivity contribution in [2.75, 3.05) is 17.2 Å². The summed E-state index contributed by atoms with van der Waals surface area (Å²) in [6, 6.07) is 5.77. The van der Waals surface area contributed by atoms with Crippen LogP contribution >= 0.6 is 11.8 Å². The number of nitrogens with one attached hydrogen (secondary N) is 1. The lowest BCUT2D eigenvalue weighted by molar-refractivity contribution is 0.0938. The first-order valence-electron chi connectivity index (χ1n) is 5.91. The zero-order valence-electron chi connectivity index (χ0n) is 10.0. The number of anilines is 1. The molecule has 1 aliphatic heterocycles. The van der Waals surface area contributed by atoms with Gasteiger partial charge in [-0.05, 0) is 43.2 Å². The van der Waals surface area contributed by atoms with Crippen LogP contribution in [0.1, 0.15) is 28.8 Å². The van der Waals surface area contributed by atoms with Crippen molar-refractivity contribution < 1.29 is 4.79 Å². The van der Waals surface area contributed by atoms with Gasteiger partial charge in [0.15, 0.2) is 0 Å². The van der Waals surface area contributed by atoms with Crippen LogP contribution in [0.3, 0.4) is 0 Å². The second-order valence-electron chi connectivity index (χ2n) is 4.46. The third kappa shape index (κ3) is 3.16. The number of nitrogen functional groups attached to an aromatic ring is 1. The average molecular weight is 250 g/mol. The highest BCUT2D eigenvalue weighted by molar-refractivity contribution is 7.99. The lowest BCUT2D eigenvalue weighted by atomic mass is 10.1. The zero-order valence-corrected chi connectivity index (χ0v) is 10.8. The standard InChI is InChI=1S/C13H18N2OS/c1-9-4-5-10(14)7-12(9)13(16)15-11-3-2-6-17-8-11/h4-5,7,11H,2-3,6,8,14H2,1H3,(H,15,16). The van der Waals surface area contributed by atoms with E-state index in [4.69, 9.17) is 5.73 Å². The smallest absolute Gasteiger partial charge is 0.251 e. The van der Waals surface area contributed by atoms with Crippen LogP contribution in [0.15, 0.2) is 18.2 Å². The molecule has 1 amide bonds. The molecule has 1 aliphatic rings. The fourth-order valence-corrected chi connectivity index (χ4v) is 3.07. The van der Waals surface area contributed by atoms with Gasteiger partial charge in [0.05, 0.1) is 0 Å². The fourth-order valence-electron chi connectivity index (χ4n) is 2.00. The molecule has 0 spiro atoms. The maximum Gasteiger partial charge on any atom is 0.251 e. The second-order valence-corrected chi connectivity index (χ2v) is 5.61. The van der Waals surface area contributed by atoms with E-state index in [0.717, 1.165) is 17.7 Å². The van der Waals surface area contributed by atoms with E-state index < -0.39 is 0 Å². The molecule has 0 bridgehead atoms. The van der Waals surface area contributed by atoms with Gasteiger partial charge < -0.3 is 11.1 Å². The van der Waals surface area contributed by atoms with Crippen LogP contribution in [0.25, 0.3) is 0 Å². The van der Waals surface area contributed by atoms with E-state index in [-0.39, 0.29) is 5.91 Å². The molecule has 1 aromatic rings. The van der Waals surface area contributed by atoms with E-state index in [1.165, 1.54) is 12.2 Å². The lowest BCUT2D eigenvalue weighted by Crippen LogP contribution is -2.38. The average Bonchev–Trinajstić information content (AvgIpc) is 2.33. The van der Waals surface area contributed by atoms with Gasteiger partial charge in [-0.3, -0.25) is 4.79 Å². The number of carbonyl (C=O) groups excluding carboxylic acids is 1. The van der Waals surface area contributed by atoms with E-state index in [1.54, 1.807) is 6.07 Å². The Balaban J connectivity index is 2.05. The van der Waals surface area contributed by atoms with Crippen molar-refractivity contribution in [3.05, 3.63) is 29.3 Å². The molecule has 1 saturated heterocycles. The number of hydrogen-bond donors (Lipinski definition) is 2. The summed E-state index contributed by atoms with van der Waals surface area (Å²) in [5.41, 5.74) is 8.02. The molecule has 0 radical (unpaired) electrons. The summed E-state index contributed by atoms with van der Waals surface area (Å²) < 4.78 is 0. The second kappa shape index (κ2) is 5.45. The number of hydrogen-bond acceptors (Lipinski definition) is 3. The van der Waals surface area contributed by atoms with Gasteiger partial charge in [0.25, 0.3) is 5.91 Å². The van der Waals surface area contributed by atoms with Crippen molar-refractivity contribution in [3.8, 4) is 0 Å². The fraction of sp³-hybridized carbons (Fsp3) is 0.462. The van der Waals surface area contributed by atoms with Gasteiger partial charge in [0, 0.05) is 23.0 Å². The van der Waals surface area contributed by atoms with E-state index in [2.05, 4.69) is 5.32 Å². The molecule has 3 nitrogen and oxygen atoms in total. The van der Waals surface area contributed by atoms with Gasteiger partial charge in [-0.2, -0.15) is 11.8 Å². The monoisotopic (exact) mass is 250 g/mol. The number of carbonyl (C=O) groups is 1. The van der Waals surface area contributed by atoms with Crippen molar-refractivity contribution in [2.24, 2.45) is 0 Å². The first-order chi connectivity index (χ1) is 8.16. The summed E-state index contributed by atoms with van der Waals surface area (Å²) in [4.78, 5) is 12.1. The molecule has 3 N–H and O–H groups in total. The van der Waals surface area contributed by atoms with Gasteiger partial charge in [-0.1, -0.05) is 6.07 Å². The third-order valence-corrected chi connectivity index (χ3v) is 4.22. The molecule has 1 aromatic carbocycles. The number of thioether (sulfide) groups is 1. The predicted molar refractivity (Wildman–Crippen MR) is 73.4 cm³/mol. The van der Waals surface area contributed by atoms with Crippen molar-refractivity contribution in [3.63, 3.8) is 0 Å². The van der Waals surface area contributed by atoms with Crippen LogP contribution in [-0.4, -0.2) is 23.5 Å². The topological polar surface area (TPSA) is 55.1 Å². The normalized spacial score (nSPS) is 19.9. The number of nitrogens with two attached hydrogens (primary N) is 1. The van der Waals surface area contributed by atoms with Crippen molar-refractivity contribution in [1.29, 1.82) is 0 Å². The molecule has 1 heterocycles. The van der Waals surface area contributed by atoms with E-state index >= 15 is 0 Å². The Morgan fingerprint density at radius 2 is 2.35 bits per heavy atom. The molecule has 1 unspecified atom stereocenters. The quantitative estimate of drug-likeness (QED) is 0.791. The molecule has 0 aromatic heterocycles. The maximum absolute atomic E-state index is 12.1. The summed E-state index contributed by atoms with van der Waals surface area (Å²) in [5.74, 6) is 2.24. The van der Waals surface area contributed by atoms with Crippen LogP contribution in [0.4, 0.5) is 5.69 Å². The predicted octanol–water partition coefficient (Wildman–Crippen LogP) is 2.20. The minimum Gasteiger partial charge on any atom is -0.399 e. The van der Waals surface area contributed by atoms with Crippen LogP contribution in [0.5, 0.6) is 0 Å². The van der Waals surface area contributed by atoms with Crippen molar-refractivity contribution in [2.45, 2.75) is 25.8 Å². The van der Waals surface area contributed by atoms with Gasteiger partial charge >= 0.3 is 0 Å². The molecule has 4 heteroatoms. The molecule has 0 aliphatic carbocycles. The highest BCUT2D eigenvalue weighted by Crippen LogP contribution is 2.18. The summed E-state index contributed by atoms with van der Waals surface area (Å²) in [6.07, 6.45) is 2.27. The third-order valence-electron chi connectivity index (χ3n) is 3.00. The summed E-state index contributed by atoms with van der Waals surface area (Å²) in [6.45, 7) is 1.93. The van der Waals surface area contributed by atoms with Crippen LogP contribution < -0.4 is 11.1 Å². The largest absolute Gasteiger partial charge is 0.399 e. The van der Waals surface area contributed by atoms with E-state index in [9.17, 15) is 4.79 Å².